The minimum absolute atomic E-state index is 0.466. The van der Waals surface area contributed by atoms with Gasteiger partial charge in [-0.15, -0.1) is 0 Å². The van der Waals surface area contributed by atoms with Crippen LogP contribution in [0.25, 0.3) is 11.5 Å². The molecule has 0 spiro atoms. The molecular weight excluding hydrogens is 328 g/mol. The molecule has 1 aromatic carbocycles. The second-order valence-electron chi connectivity index (χ2n) is 6.57. The molecule has 3 aromatic rings. The van der Waals surface area contributed by atoms with Crippen molar-refractivity contribution < 1.29 is 9.47 Å². The van der Waals surface area contributed by atoms with E-state index >= 15 is 0 Å². The molecule has 6 heteroatoms. The molecule has 0 fully saturated rings. The first kappa shape index (κ1) is 16.3. The van der Waals surface area contributed by atoms with Gasteiger partial charge in [0.15, 0.2) is 22.9 Å². The van der Waals surface area contributed by atoms with Crippen LogP contribution in [0.1, 0.15) is 12.6 Å². The predicted molar refractivity (Wildman–Crippen MR) is 99.5 cm³/mol. The Morgan fingerprint density at radius 2 is 1.88 bits per heavy atom. The smallest absolute Gasteiger partial charge is 0.180 e. The molecule has 1 atom stereocenters. The van der Waals surface area contributed by atoms with Crippen LogP contribution in [0.15, 0.2) is 54.7 Å². The topological polar surface area (TPSA) is 69.2 Å². The van der Waals surface area contributed by atoms with Crippen molar-refractivity contribution in [3.8, 4) is 23.0 Å². The van der Waals surface area contributed by atoms with Gasteiger partial charge in [-0.1, -0.05) is 18.2 Å². The van der Waals surface area contributed by atoms with Gasteiger partial charge in [0.05, 0.1) is 6.54 Å². The van der Waals surface area contributed by atoms with Crippen LogP contribution in [-0.4, -0.2) is 33.7 Å². The fourth-order valence-electron chi connectivity index (χ4n) is 2.81. The number of nitrogens with zero attached hydrogens (tertiary/aromatic N) is 3. The Bertz CT molecular complexity index is 917. The maximum atomic E-state index is 6.14. The fourth-order valence-corrected chi connectivity index (χ4v) is 2.81. The van der Waals surface area contributed by atoms with Crippen molar-refractivity contribution in [3.05, 3.63) is 60.4 Å². The molecule has 0 saturated carbocycles. The lowest BCUT2D eigenvalue weighted by Crippen LogP contribution is -2.47. The Kier molecular flexibility index (Phi) is 4.16. The lowest BCUT2D eigenvalue weighted by atomic mass is 10.1. The third-order valence-corrected chi connectivity index (χ3v) is 4.13. The molecule has 6 nitrogen and oxygen atoms in total. The van der Waals surface area contributed by atoms with Gasteiger partial charge in [-0.2, -0.15) is 0 Å². The molecule has 1 unspecified atom stereocenters. The molecule has 4 rings (SSSR count). The van der Waals surface area contributed by atoms with E-state index in [1.165, 1.54) is 0 Å². The number of aromatic nitrogens is 3. The SMILES string of the molecule is Cc1cc(NCC2(C)COc3ccccc3O2)nc(-c2ccccn2)n1. The van der Waals surface area contributed by atoms with Crippen LogP contribution >= 0.6 is 0 Å². The third kappa shape index (κ3) is 3.44. The molecule has 132 valence electrons. The molecule has 2 aromatic heterocycles. The zero-order valence-electron chi connectivity index (χ0n) is 14.8. The maximum absolute atomic E-state index is 6.14. The van der Waals surface area contributed by atoms with Gasteiger partial charge in [0.25, 0.3) is 0 Å². The molecule has 1 N–H and O–H groups in total. The Balaban J connectivity index is 1.51. The standard InChI is InChI=1S/C20H20N4O2/c1-14-11-18(24-19(23-14)15-7-5-6-10-21-15)22-12-20(2)13-25-16-8-3-4-9-17(16)26-20/h3-11H,12-13H2,1-2H3,(H,22,23,24). The van der Waals surface area contributed by atoms with Gasteiger partial charge in [-0.05, 0) is 38.1 Å². The van der Waals surface area contributed by atoms with Crippen molar-refractivity contribution in [2.24, 2.45) is 0 Å². The highest BCUT2D eigenvalue weighted by Gasteiger charge is 2.33. The van der Waals surface area contributed by atoms with Gasteiger partial charge in [0.2, 0.25) is 0 Å². The molecule has 0 saturated heterocycles. The number of nitrogens with one attached hydrogen (secondary N) is 1. The molecule has 1 aliphatic heterocycles. The van der Waals surface area contributed by atoms with Gasteiger partial charge >= 0.3 is 0 Å². The molecule has 0 amide bonds. The zero-order chi connectivity index (χ0) is 18.0. The van der Waals surface area contributed by atoms with Crippen LogP contribution in [-0.2, 0) is 0 Å². The van der Waals surface area contributed by atoms with Gasteiger partial charge in [0, 0.05) is 18.0 Å². The lowest BCUT2D eigenvalue weighted by Gasteiger charge is -2.35. The van der Waals surface area contributed by atoms with E-state index in [4.69, 9.17) is 9.47 Å². The monoisotopic (exact) mass is 348 g/mol. The van der Waals surface area contributed by atoms with E-state index in [1.807, 2.05) is 62.4 Å². The lowest BCUT2D eigenvalue weighted by molar-refractivity contribution is 0.0166. The van der Waals surface area contributed by atoms with Crippen molar-refractivity contribution in [1.82, 2.24) is 15.0 Å². The molecule has 1 aliphatic rings. The van der Waals surface area contributed by atoms with E-state index in [2.05, 4.69) is 20.3 Å². The quantitative estimate of drug-likeness (QED) is 0.778. The highest BCUT2D eigenvalue weighted by Crippen LogP contribution is 2.34. The number of hydrogen-bond acceptors (Lipinski definition) is 6. The van der Waals surface area contributed by atoms with Crippen molar-refractivity contribution in [2.45, 2.75) is 19.4 Å². The molecule has 3 heterocycles. The number of para-hydroxylation sites is 2. The number of fused-ring (bicyclic) bond motifs is 1. The van der Waals surface area contributed by atoms with Gasteiger partial charge in [-0.25, -0.2) is 9.97 Å². The highest BCUT2D eigenvalue weighted by atomic mass is 16.6. The number of rotatable bonds is 4. The summed E-state index contributed by atoms with van der Waals surface area (Å²) in [6.07, 6.45) is 1.74. The summed E-state index contributed by atoms with van der Waals surface area (Å²) in [7, 11) is 0. The summed E-state index contributed by atoms with van der Waals surface area (Å²) in [6, 6.07) is 15.3. The number of hydrogen-bond donors (Lipinski definition) is 1. The second-order valence-corrected chi connectivity index (χ2v) is 6.57. The Hall–Kier alpha value is -3.15. The Morgan fingerprint density at radius 3 is 2.69 bits per heavy atom. The van der Waals surface area contributed by atoms with Gasteiger partial charge < -0.3 is 14.8 Å². The summed E-state index contributed by atoms with van der Waals surface area (Å²) < 4.78 is 12.0. The number of aryl methyl sites for hydroxylation is 1. The minimum Gasteiger partial charge on any atom is -0.485 e. The molecular formula is C20H20N4O2. The van der Waals surface area contributed by atoms with Crippen LogP contribution in [0.4, 0.5) is 5.82 Å². The number of pyridine rings is 1. The zero-order valence-corrected chi connectivity index (χ0v) is 14.8. The van der Waals surface area contributed by atoms with Crippen molar-refractivity contribution in [3.63, 3.8) is 0 Å². The van der Waals surface area contributed by atoms with Crippen LogP contribution in [0, 0.1) is 6.92 Å². The van der Waals surface area contributed by atoms with Gasteiger partial charge in [0.1, 0.15) is 18.1 Å². The molecule has 0 radical (unpaired) electrons. The average Bonchev–Trinajstić information content (AvgIpc) is 2.67. The fraction of sp³-hybridized carbons (Fsp3) is 0.250. The van der Waals surface area contributed by atoms with E-state index in [0.29, 0.717) is 19.0 Å². The minimum atomic E-state index is -0.488. The summed E-state index contributed by atoms with van der Waals surface area (Å²) in [4.78, 5) is 13.4. The summed E-state index contributed by atoms with van der Waals surface area (Å²) in [5, 5.41) is 3.35. The maximum Gasteiger partial charge on any atom is 0.180 e. The summed E-state index contributed by atoms with van der Waals surface area (Å²) in [5.41, 5.74) is 1.13. The van der Waals surface area contributed by atoms with Crippen molar-refractivity contribution >= 4 is 5.82 Å². The van der Waals surface area contributed by atoms with Crippen LogP contribution in [0.3, 0.4) is 0 Å². The molecule has 26 heavy (non-hydrogen) atoms. The first-order valence-corrected chi connectivity index (χ1v) is 8.53. The summed E-state index contributed by atoms with van der Waals surface area (Å²) >= 11 is 0. The van der Waals surface area contributed by atoms with E-state index in [0.717, 1.165) is 28.7 Å². The number of ether oxygens (including phenoxy) is 2. The second kappa shape index (κ2) is 6.63. The van der Waals surface area contributed by atoms with E-state index in [-0.39, 0.29) is 0 Å². The number of benzene rings is 1. The predicted octanol–water partition coefficient (Wildman–Crippen LogP) is 3.49. The van der Waals surface area contributed by atoms with Crippen molar-refractivity contribution in [1.29, 1.82) is 0 Å². The van der Waals surface area contributed by atoms with Gasteiger partial charge in [-0.3, -0.25) is 4.98 Å². The number of anilines is 1. The molecule has 0 bridgehead atoms. The summed E-state index contributed by atoms with van der Waals surface area (Å²) in [6.45, 7) is 4.98. The van der Waals surface area contributed by atoms with E-state index in [1.54, 1.807) is 6.20 Å². The summed E-state index contributed by atoms with van der Waals surface area (Å²) in [5.74, 6) is 2.88. The van der Waals surface area contributed by atoms with E-state index < -0.39 is 5.60 Å². The van der Waals surface area contributed by atoms with Crippen LogP contribution < -0.4 is 14.8 Å². The van der Waals surface area contributed by atoms with Crippen molar-refractivity contribution in [2.75, 3.05) is 18.5 Å². The highest BCUT2D eigenvalue weighted by molar-refractivity contribution is 5.53. The molecule has 0 aliphatic carbocycles. The Labute approximate surface area is 152 Å². The van der Waals surface area contributed by atoms with Crippen LogP contribution in [0.5, 0.6) is 11.5 Å². The Morgan fingerprint density at radius 1 is 1.08 bits per heavy atom. The normalized spacial score (nSPS) is 18.4. The third-order valence-electron chi connectivity index (χ3n) is 4.13. The van der Waals surface area contributed by atoms with Crippen LogP contribution in [0.2, 0.25) is 0 Å². The average molecular weight is 348 g/mol. The largest absolute Gasteiger partial charge is 0.485 e. The first-order valence-electron chi connectivity index (χ1n) is 8.53. The van der Waals surface area contributed by atoms with E-state index in [9.17, 15) is 0 Å². The first-order chi connectivity index (χ1) is 12.6.